The zero-order valence-corrected chi connectivity index (χ0v) is 4.68. The fraction of sp³-hybridized carbons (Fsp3) is 0.800. The maximum absolute atomic E-state index is 5.18. The van der Waals surface area contributed by atoms with Crippen molar-refractivity contribution < 1.29 is 4.74 Å². The Labute approximate surface area is 44.7 Å². The number of hydrogen-bond acceptors (Lipinski definition) is 2. The third-order valence-corrected chi connectivity index (χ3v) is 0.822. The predicted molar refractivity (Wildman–Crippen MR) is 29.8 cm³/mol. The smallest absolute Gasteiger partial charge is 0.0584 e. The molecule has 0 saturated carbocycles. The highest BCUT2D eigenvalue weighted by atomic mass is 16.5. The summed E-state index contributed by atoms with van der Waals surface area (Å²) in [6.45, 7) is 4.30. The molecule has 0 bridgehead atoms. The van der Waals surface area contributed by atoms with E-state index in [1.807, 2.05) is 0 Å². The molecule has 0 aliphatic heterocycles. The molecule has 0 aliphatic rings. The van der Waals surface area contributed by atoms with Crippen LogP contribution in [0.15, 0.2) is 0 Å². The standard InChI is InChI=1S/C5H12NO/c1-5(7-2)3-4-6/h5H,1,3-4,6H2,2H3. The summed E-state index contributed by atoms with van der Waals surface area (Å²) in [6.07, 6.45) is 0.918. The highest BCUT2D eigenvalue weighted by Crippen LogP contribution is 1.89. The second-order valence-corrected chi connectivity index (χ2v) is 1.44. The van der Waals surface area contributed by atoms with Crippen LogP contribution >= 0.6 is 0 Å². The zero-order valence-electron chi connectivity index (χ0n) is 4.68. The van der Waals surface area contributed by atoms with Gasteiger partial charge in [0.1, 0.15) is 0 Å². The molecule has 0 aliphatic carbocycles. The Kier molecular flexibility index (Phi) is 4.04. The third-order valence-electron chi connectivity index (χ3n) is 0.822. The van der Waals surface area contributed by atoms with E-state index in [1.54, 1.807) is 7.11 Å². The van der Waals surface area contributed by atoms with Crippen molar-refractivity contribution in [3.8, 4) is 0 Å². The van der Waals surface area contributed by atoms with Crippen molar-refractivity contribution in [1.29, 1.82) is 0 Å². The molecular weight excluding hydrogens is 90.1 g/mol. The van der Waals surface area contributed by atoms with Gasteiger partial charge in [0.15, 0.2) is 0 Å². The van der Waals surface area contributed by atoms with Crippen LogP contribution < -0.4 is 5.73 Å². The molecule has 0 aromatic heterocycles. The van der Waals surface area contributed by atoms with E-state index in [-0.39, 0.29) is 6.10 Å². The lowest BCUT2D eigenvalue weighted by Crippen LogP contribution is -2.11. The molecule has 0 amide bonds. The van der Waals surface area contributed by atoms with Crippen LogP contribution in [0.2, 0.25) is 0 Å². The Morgan fingerprint density at radius 1 is 1.86 bits per heavy atom. The Morgan fingerprint density at radius 3 is 2.57 bits per heavy atom. The molecule has 0 fully saturated rings. The summed E-state index contributed by atoms with van der Waals surface area (Å²) in [5.41, 5.74) is 5.18. The highest BCUT2D eigenvalue weighted by Gasteiger charge is 1.93. The van der Waals surface area contributed by atoms with E-state index in [9.17, 15) is 0 Å². The van der Waals surface area contributed by atoms with Crippen molar-refractivity contribution >= 4 is 0 Å². The number of ether oxygens (including phenoxy) is 1. The van der Waals surface area contributed by atoms with Gasteiger partial charge in [-0.05, 0) is 19.9 Å². The fourth-order valence-corrected chi connectivity index (χ4v) is 0.304. The zero-order chi connectivity index (χ0) is 5.70. The van der Waals surface area contributed by atoms with Crippen LogP contribution in [0.5, 0.6) is 0 Å². The van der Waals surface area contributed by atoms with Gasteiger partial charge in [-0.3, -0.25) is 0 Å². The average Bonchev–Trinajstić information content (AvgIpc) is 1.68. The Morgan fingerprint density at radius 2 is 2.43 bits per heavy atom. The Balaban J connectivity index is 2.83. The maximum Gasteiger partial charge on any atom is 0.0584 e. The first-order chi connectivity index (χ1) is 3.31. The van der Waals surface area contributed by atoms with E-state index < -0.39 is 0 Å². The second kappa shape index (κ2) is 4.09. The quantitative estimate of drug-likeness (QED) is 0.552. The molecule has 0 spiro atoms. The van der Waals surface area contributed by atoms with Crippen LogP contribution in [-0.2, 0) is 4.74 Å². The molecule has 2 N–H and O–H groups in total. The summed E-state index contributed by atoms with van der Waals surface area (Å²) < 4.78 is 4.80. The van der Waals surface area contributed by atoms with Gasteiger partial charge in [0, 0.05) is 7.11 Å². The molecule has 0 aromatic rings. The monoisotopic (exact) mass is 102 g/mol. The molecule has 1 radical (unpaired) electrons. The van der Waals surface area contributed by atoms with Crippen LogP contribution in [0.4, 0.5) is 0 Å². The lowest BCUT2D eigenvalue weighted by molar-refractivity contribution is 0.133. The number of rotatable bonds is 3. The number of methoxy groups -OCH3 is 1. The van der Waals surface area contributed by atoms with Crippen LogP contribution in [-0.4, -0.2) is 19.8 Å². The predicted octanol–water partition coefficient (Wildman–Crippen LogP) is 0.184. The van der Waals surface area contributed by atoms with E-state index in [4.69, 9.17) is 10.5 Å². The van der Waals surface area contributed by atoms with Crippen molar-refractivity contribution in [2.45, 2.75) is 12.5 Å². The van der Waals surface area contributed by atoms with Gasteiger partial charge in [0.05, 0.1) is 6.10 Å². The fourth-order valence-electron chi connectivity index (χ4n) is 0.304. The molecule has 0 saturated heterocycles. The van der Waals surface area contributed by atoms with E-state index in [2.05, 4.69) is 6.92 Å². The molecule has 0 rings (SSSR count). The average molecular weight is 102 g/mol. The largest absolute Gasteiger partial charge is 0.381 e. The first-order valence-electron chi connectivity index (χ1n) is 2.37. The van der Waals surface area contributed by atoms with Crippen molar-refractivity contribution in [2.24, 2.45) is 5.73 Å². The van der Waals surface area contributed by atoms with Gasteiger partial charge in [-0.2, -0.15) is 0 Å². The lowest BCUT2D eigenvalue weighted by atomic mass is 10.3. The molecule has 2 nitrogen and oxygen atoms in total. The van der Waals surface area contributed by atoms with Crippen LogP contribution in [0.3, 0.4) is 0 Å². The SMILES string of the molecule is [CH2]C(CCN)OC. The van der Waals surface area contributed by atoms with Gasteiger partial charge in [0.25, 0.3) is 0 Å². The first kappa shape index (κ1) is 6.92. The van der Waals surface area contributed by atoms with Gasteiger partial charge in [-0.15, -0.1) is 0 Å². The first-order valence-corrected chi connectivity index (χ1v) is 2.37. The van der Waals surface area contributed by atoms with E-state index >= 15 is 0 Å². The Bertz CT molecular complexity index is 39.1. The van der Waals surface area contributed by atoms with Crippen LogP contribution in [0.25, 0.3) is 0 Å². The molecule has 43 valence electrons. The van der Waals surface area contributed by atoms with Crippen LogP contribution in [0, 0.1) is 6.92 Å². The summed E-state index contributed by atoms with van der Waals surface area (Å²) in [4.78, 5) is 0. The summed E-state index contributed by atoms with van der Waals surface area (Å²) in [7, 11) is 1.63. The highest BCUT2D eigenvalue weighted by molar-refractivity contribution is 4.57. The van der Waals surface area contributed by atoms with E-state index in [0.29, 0.717) is 6.54 Å². The van der Waals surface area contributed by atoms with Crippen molar-refractivity contribution in [3.63, 3.8) is 0 Å². The van der Waals surface area contributed by atoms with Gasteiger partial charge in [-0.25, -0.2) is 0 Å². The van der Waals surface area contributed by atoms with Crippen molar-refractivity contribution in [1.82, 2.24) is 0 Å². The molecule has 1 atom stereocenters. The molecule has 0 aromatic carbocycles. The van der Waals surface area contributed by atoms with Gasteiger partial charge in [0.2, 0.25) is 0 Å². The second-order valence-electron chi connectivity index (χ2n) is 1.44. The third kappa shape index (κ3) is 3.76. The van der Waals surface area contributed by atoms with Crippen molar-refractivity contribution in [2.75, 3.05) is 13.7 Å². The van der Waals surface area contributed by atoms with Crippen LogP contribution in [0.1, 0.15) is 6.42 Å². The lowest BCUT2D eigenvalue weighted by Gasteiger charge is -2.04. The summed E-state index contributed by atoms with van der Waals surface area (Å²) >= 11 is 0. The van der Waals surface area contributed by atoms with Gasteiger partial charge >= 0.3 is 0 Å². The van der Waals surface area contributed by atoms with Gasteiger partial charge < -0.3 is 10.5 Å². The number of hydrogen-bond donors (Lipinski definition) is 1. The minimum atomic E-state index is 0.0741. The van der Waals surface area contributed by atoms with E-state index in [1.165, 1.54) is 0 Å². The van der Waals surface area contributed by atoms with Gasteiger partial charge in [-0.1, -0.05) is 0 Å². The Hall–Kier alpha value is -0.0800. The molecule has 2 heteroatoms. The summed E-state index contributed by atoms with van der Waals surface area (Å²) in [5, 5.41) is 0. The minimum Gasteiger partial charge on any atom is -0.381 e. The molecule has 1 unspecified atom stereocenters. The molecule has 0 heterocycles. The normalized spacial score (nSPS) is 14.1. The minimum absolute atomic E-state index is 0.0741. The van der Waals surface area contributed by atoms with Crippen molar-refractivity contribution in [3.05, 3.63) is 6.92 Å². The summed E-state index contributed by atoms with van der Waals surface area (Å²) in [6, 6.07) is 0. The summed E-state index contributed by atoms with van der Waals surface area (Å²) in [5.74, 6) is 0. The topological polar surface area (TPSA) is 35.2 Å². The number of nitrogens with two attached hydrogens (primary N) is 1. The van der Waals surface area contributed by atoms with E-state index in [0.717, 1.165) is 6.42 Å². The molecular formula is C5H12NO. The molecule has 7 heavy (non-hydrogen) atoms. The maximum atomic E-state index is 5.18.